The quantitative estimate of drug-likeness (QED) is 0.324. The van der Waals surface area contributed by atoms with E-state index in [1.54, 1.807) is 0 Å². The minimum absolute atomic E-state index is 0.995. The Balaban J connectivity index is 2.01. The summed E-state index contributed by atoms with van der Waals surface area (Å²) in [5.41, 5.74) is 8.29. The van der Waals surface area contributed by atoms with Crippen molar-refractivity contribution in [1.82, 2.24) is 0 Å². The molecule has 0 saturated carbocycles. The lowest BCUT2D eigenvalue weighted by molar-refractivity contribution is 1.21. The minimum Gasteiger partial charge on any atom is -0.0619 e. The van der Waals surface area contributed by atoms with Crippen molar-refractivity contribution in [2.24, 2.45) is 0 Å². The number of rotatable bonds is 0. The van der Waals surface area contributed by atoms with Crippen LogP contribution in [0, 0.1) is 0 Å². The Bertz CT molecular complexity index is 1040. The van der Waals surface area contributed by atoms with Gasteiger partial charge < -0.3 is 0 Å². The summed E-state index contributed by atoms with van der Waals surface area (Å²) in [5, 5.41) is 2.65. The van der Waals surface area contributed by atoms with Crippen molar-refractivity contribution in [1.29, 1.82) is 0 Å². The molecule has 1 aliphatic carbocycles. The first-order valence-electron chi connectivity index (χ1n) is 8.10. The van der Waals surface area contributed by atoms with Crippen LogP contribution < -0.4 is 0 Å². The maximum absolute atomic E-state index is 2.29. The van der Waals surface area contributed by atoms with Gasteiger partial charge in [0, 0.05) is 0 Å². The van der Waals surface area contributed by atoms with Crippen molar-refractivity contribution in [3.8, 4) is 22.3 Å². The summed E-state index contributed by atoms with van der Waals surface area (Å²) in [6.07, 6.45) is 0.995. The molecule has 1 aliphatic rings. The highest BCUT2D eigenvalue weighted by molar-refractivity contribution is 6.05. The molecule has 0 N–H and O–H groups in total. The summed E-state index contributed by atoms with van der Waals surface area (Å²) >= 11 is 0. The average molecular weight is 292 g/mol. The van der Waals surface area contributed by atoms with Crippen molar-refractivity contribution in [3.63, 3.8) is 0 Å². The maximum Gasteiger partial charge on any atom is -0.00134 e. The summed E-state index contributed by atoms with van der Waals surface area (Å²) in [5.74, 6) is 0. The molecule has 0 radical (unpaired) electrons. The summed E-state index contributed by atoms with van der Waals surface area (Å²) in [6, 6.07) is 30.9. The van der Waals surface area contributed by atoms with Crippen LogP contribution in [0.2, 0.25) is 0 Å². The van der Waals surface area contributed by atoms with E-state index in [0.717, 1.165) is 6.42 Å². The van der Waals surface area contributed by atoms with Crippen LogP contribution in [0.1, 0.15) is 11.1 Å². The number of hydrogen-bond donors (Lipinski definition) is 0. The van der Waals surface area contributed by atoms with Gasteiger partial charge in [-0.25, -0.2) is 0 Å². The lowest BCUT2D eigenvalue weighted by Crippen LogP contribution is -1.89. The fraction of sp³-hybridized carbons (Fsp3) is 0.0435. The smallest absolute Gasteiger partial charge is 0.00134 e. The zero-order chi connectivity index (χ0) is 15.2. The first kappa shape index (κ1) is 12.7. The predicted octanol–water partition coefficient (Wildman–Crippen LogP) is 6.08. The summed E-state index contributed by atoms with van der Waals surface area (Å²) in [4.78, 5) is 0. The Morgan fingerprint density at radius 2 is 1.13 bits per heavy atom. The molecule has 4 aromatic carbocycles. The first-order valence-corrected chi connectivity index (χ1v) is 8.10. The fourth-order valence-corrected chi connectivity index (χ4v) is 3.85. The van der Waals surface area contributed by atoms with Crippen LogP contribution in [-0.2, 0) is 6.42 Å². The second kappa shape index (κ2) is 4.82. The van der Waals surface area contributed by atoms with Crippen LogP contribution in [0.25, 0.3) is 33.0 Å². The zero-order valence-electron chi connectivity index (χ0n) is 12.8. The molecule has 5 rings (SSSR count). The van der Waals surface area contributed by atoms with E-state index >= 15 is 0 Å². The Kier molecular flexibility index (Phi) is 2.65. The maximum atomic E-state index is 2.29. The fourth-order valence-electron chi connectivity index (χ4n) is 3.85. The van der Waals surface area contributed by atoms with Crippen molar-refractivity contribution in [3.05, 3.63) is 96.1 Å². The van der Waals surface area contributed by atoms with Crippen molar-refractivity contribution in [2.75, 3.05) is 0 Å². The summed E-state index contributed by atoms with van der Waals surface area (Å²) in [7, 11) is 0. The van der Waals surface area contributed by atoms with Gasteiger partial charge in [0.2, 0.25) is 0 Å². The predicted molar refractivity (Wildman–Crippen MR) is 97.6 cm³/mol. The van der Waals surface area contributed by atoms with Crippen LogP contribution in [0.3, 0.4) is 0 Å². The van der Waals surface area contributed by atoms with Gasteiger partial charge in [0.1, 0.15) is 0 Å². The molecular formula is C23H16. The van der Waals surface area contributed by atoms with E-state index in [0.29, 0.717) is 0 Å². The van der Waals surface area contributed by atoms with E-state index < -0.39 is 0 Å². The Morgan fingerprint density at radius 1 is 0.478 bits per heavy atom. The van der Waals surface area contributed by atoms with Gasteiger partial charge in [-0.3, -0.25) is 0 Å². The third-order valence-corrected chi connectivity index (χ3v) is 4.90. The Morgan fingerprint density at radius 3 is 2.00 bits per heavy atom. The monoisotopic (exact) mass is 292 g/mol. The van der Waals surface area contributed by atoms with Gasteiger partial charge in [-0.15, -0.1) is 0 Å². The topological polar surface area (TPSA) is 0 Å². The highest BCUT2D eigenvalue weighted by Gasteiger charge is 2.20. The number of hydrogen-bond acceptors (Lipinski definition) is 0. The van der Waals surface area contributed by atoms with Gasteiger partial charge >= 0.3 is 0 Å². The zero-order valence-corrected chi connectivity index (χ0v) is 12.8. The van der Waals surface area contributed by atoms with E-state index in [2.05, 4.69) is 84.9 Å². The molecule has 108 valence electrons. The molecule has 0 bridgehead atoms. The molecule has 0 aromatic heterocycles. The standard InChI is InChI=1S/C23H16/c1-5-11-20-16(7-1)13-14-22-19-10-4-2-8-17(19)15-18-9-3-6-12-21(18)23(20)22/h1-14H,15H2. The Hall–Kier alpha value is -2.86. The van der Waals surface area contributed by atoms with Crippen LogP contribution in [0.5, 0.6) is 0 Å². The van der Waals surface area contributed by atoms with Gasteiger partial charge in [0.25, 0.3) is 0 Å². The van der Waals surface area contributed by atoms with E-state index in [1.165, 1.54) is 44.2 Å². The largest absolute Gasteiger partial charge is 0.0619 e. The molecule has 0 aliphatic heterocycles. The second-order valence-corrected chi connectivity index (χ2v) is 6.20. The molecule has 0 fully saturated rings. The van der Waals surface area contributed by atoms with E-state index in [9.17, 15) is 0 Å². The van der Waals surface area contributed by atoms with Gasteiger partial charge in [0.05, 0.1) is 0 Å². The normalized spacial score (nSPS) is 12.2. The van der Waals surface area contributed by atoms with Crippen LogP contribution in [-0.4, -0.2) is 0 Å². The highest BCUT2D eigenvalue weighted by atomic mass is 14.2. The molecule has 0 unspecified atom stereocenters. The molecule has 23 heavy (non-hydrogen) atoms. The lowest BCUT2D eigenvalue weighted by Gasteiger charge is -2.14. The van der Waals surface area contributed by atoms with E-state index in [4.69, 9.17) is 0 Å². The summed E-state index contributed by atoms with van der Waals surface area (Å²) < 4.78 is 0. The first-order chi connectivity index (χ1) is 11.4. The van der Waals surface area contributed by atoms with Gasteiger partial charge in [-0.1, -0.05) is 84.9 Å². The minimum atomic E-state index is 0.995. The van der Waals surface area contributed by atoms with Crippen LogP contribution in [0.4, 0.5) is 0 Å². The SMILES string of the molecule is c1ccc2c(c1)Cc1ccccc1-c1c-2ccc2ccccc12. The number of fused-ring (bicyclic) bond motifs is 7. The van der Waals surface area contributed by atoms with Crippen LogP contribution in [0.15, 0.2) is 84.9 Å². The molecule has 0 nitrogen and oxygen atoms in total. The molecule has 0 atom stereocenters. The van der Waals surface area contributed by atoms with Crippen molar-refractivity contribution < 1.29 is 0 Å². The summed E-state index contributed by atoms with van der Waals surface area (Å²) in [6.45, 7) is 0. The highest BCUT2D eigenvalue weighted by Crippen LogP contribution is 2.43. The van der Waals surface area contributed by atoms with E-state index in [1.807, 2.05) is 0 Å². The van der Waals surface area contributed by atoms with Crippen LogP contribution >= 0.6 is 0 Å². The van der Waals surface area contributed by atoms with Gasteiger partial charge in [-0.05, 0) is 50.6 Å². The Labute approximate surface area is 136 Å². The molecule has 0 heteroatoms. The number of benzene rings is 4. The van der Waals surface area contributed by atoms with Crippen molar-refractivity contribution >= 4 is 10.8 Å². The van der Waals surface area contributed by atoms with Gasteiger partial charge in [-0.2, -0.15) is 0 Å². The third kappa shape index (κ3) is 1.85. The average Bonchev–Trinajstić information content (AvgIpc) is 2.76. The molecule has 0 amide bonds. The van der Waals surface area contributed by atoms with Gasteiger partial charge in [0.15, 0.2) is 0 Å². The lowest BCUT2D eigenvalue weighted by atomic mass is 9.90. The third-order valence-electron chi connectivity index (χ3n) is 4.90. The molecule has 0 spiro atoms. The molecule has 4 aromatic rings. The van der Waals surface area contributed by atoms with E-state index in [-0.39, 0.29) is 0 Å². The van der Waals surface area contributed by atoms with Crippen molar-refractivity contribution in [2.45, 2.75) is 6.42 Å². The molecule has 0 saturated heterocycles. The molecular weight excluding hydrogens is 276 g/mol. The molecule has 0 heterocycles. The second-order valence-electron chi connectivity index (χ2n) is 6.20.